The SMILES string of the molecule is C=C1CCC=C(C)C[C@H](OC(=O)C=Cc2ccc(O)c([NH+]([O-])O)c2)CC(C)(C)C[C@@H]1O. The van der Waals surface area contributed by atoms with E-state index in [0.29, 0.717) is 24.8 Å². The van der Waals surface area contributed by atoms with Crippen molar-refractivity contribution in [3.63, 3.8) is 0 Å². The molecule has 0 saturated carbocycles. The van der Waals surface area contributed by atoms with Gasteiger partial charge in [-0.15, -0.1) is 0 Å². The van der Waals surface area contributed by atoms with Crippen LogP contribution in [0.25, 0.3) is 6.08 Å². The van der Waals surface area contributed by atoms with Gasteiger partial charge in [0.05, 0.1) is 6.10 Å². The van der Waals surface area contributed by atoms with Crippen LogP contribution in [0, 0.1) is 10.6 Å². The molecular formula is C24H33NO6. The second-order valence-corrected chi connectivity index (χ2v) is 9.01. The number of phenols is 1. The Kier molecular flexibility index (Phi) is 8.59. The van der Waals surface area contributed by atoms with Gasteiger partial charge in [0.2, 0.25) is 5.69 Å². The highest BCUT2D eigenvalue weighted by atomic mass is 16.8. The van der Waals surface area contributed by atoms with Crippen molar-refractivity contribution >= 4 is 17.7 Å². The third-order valence-electron chi connectivity index (χ3n) is 5.45. The van der Waals surface area contributed by atoms with E-state index < -0.39 is 17.3 Å². The molecule has 1 aliphatic carbocycles. The van der Waals surface area contributed by atoms with Crippen LogP contribution in [0.1, 0.15) is 58.4 Å². The van der Waals surface area contributed by atoms with Crippen molar-refractivity contribution in [1.82, 2.24) is 0 Å². The molecule has 0 amide bonds. The molecule has 0 spiro atoms. The van der Waals surface area contributed by atoms with E-state index in [0.717, 1.165) is 24.0 Å². The highest BCUT2D eigenvalue weighted by Gasteiger charge is 2.29. The molecule has 1 aliphatic rings. The number of allylic oxidation sites excluding steroid dienone is 1. The van der Waals surface area contributed by atoms with E-state index in [1.807, 2.05) is 20.8 Å². The van der Waals surface area contributed by atoms with Crippen LogP contribution in [0.4, 0.5) is 5.69 Å². The molecule has 170 valence electrons. The topological polar surface area (TPSA) is 114 Å². The summed E-state index contributed by atoms with van der Waals surface area (Å²) in [5, 5.41) is 39.0. The molecule has 0 aliphatic heterocycles. The number of benzene rings is 1. The summed E-state index contributed by atoms with van der Waals surface area (Å²) in [4.78, 5) is 12.5. The Hall–Kier alpha value is -2.45. The summed E-state index contributed by atoms with van der Waals surface area (Å²) < 4.78 is 5.72. The molecule has 0 radical (unpaired) electrons. The van der Waals surface area contributed by atoms with Crippen molar-refractivity contribution in [1.29, 1.82) is 0 Å². The number of carbonyl (C=O) groups is 1. The van der Waals surface area contributed by atoms with E-state index >= 15 is 0 Å². The van der Waals surface area contributed by atoms with Gasteiger partial charge in [-0.2, -0.15) is 5.23 Å². The molecule has 7 heteroatoms. The Morgan fingerprint density at radius 3 is 2.74 bits per heavy atom. The van der Waals surface area contributed by atoms with Gasteiger partial charge in [0.25, 0.3) is 0 Å². The van der Waals surface area contributed by atoms with Gasteiger partial charge in [0, 0.05) is 18.6 Å². The monoisotopic (exact) mass is 431 g/mol. The summed E-state index contributed by atoms with van der Waals surface area (Å²) in [5.41, 5.74) is 1.92. The molecule has 0 fully saturated rings. The predicted molar refractivity (Wildman–Crippen MR) is 119 cm³/mol. The quantitative estimate of drug-likeness (QED) is 0.190. The van der Waals surface area contributed by atoms with Crippen LogP contribution in [0.2, 0.25) is 0 Å². The maximum atomic E-state index is 12.5. The number of phenolic OH excluding ortho intramolecular Hbond substituents is 1. The zero-order valence-electron chi connectivity index (χ0n) is 18.4. The predicted octanol–water partition coefficient (Wildman–Crippen LogP) is 3.57. The highest BCUT2D eigenvalue weighted by Crippen LogP contribution is 2.34. The lowest BCUT2D eigenvalue weighted by Crippen LogP contribution is -2.99. The first-order valence-corrected chi connectivity index (χ1v) is 10.4. The van der Waals surface area contributed by atoms with Crippen LogP contribution in [0.15, 0.2) is 48.1 Å². The van der Waals surface area contributed by atoms with E-state index in [2.05, 4.69) is 12.7 Å². The Balaban J connectivity index is 2.13. The molecule has 0 aromatic heterocycles. The maximum Gasteiger partial charge on any atom is 0.331 e. The smallest absolute Gasteiger partial charge is 0.331 e. The first-order valence-electron chi connectivity index (χ1n) is 10.4. The Morgan fingerprint density at radius 1 is 1.35 bits per heavy atom. The number of hydrogen-bond donors (Lipinski definition) is 4. The van der Waals surface area contributed by atoms with E-state index in [1.165, 1.54) is 30.4 Å². The second-order valence-electron chi connectivity index (χ2n) is 9.01. The molecule has 4 N–H and O–H groups in total. The number of esters is 1. The van der Waals surface area contributed by atoms with E-state index in [-0.39, 0.29) is 23.0 Å². The number of ether oxygens (including phenoxy) is 1. The fourth-order valence-corrected chi connectivity index (χ4v) is 3.83. The molecule has 0 saturated heterocycles. The minimum atomic E-state index is -1.25. The Morgan fingerprint density at radius 2 is 2.06 bits per heavy atom. The van der Waals surface area contributed by atoms with Gasteiger partial charge in [-0.1, -0.05) is 38.1 Å². The van der Waals surface area contributed by atoms with Crippen molar-refractivity contribution in [2.75, 3.05) is 0 Å². The molecule has 31 heavy (non-hydrogen) atoms. The lowest BCUT2D eigenvalue weighted by Gasteiger charge is -2.31. The molecular weight excluding hydrogens is 398 g/mol. The highest BCUT2D eigenvalue weighted by molar-refractivity contribution is 5.87. The number of hydrogen-bond acceptors (Lipinski definition) is 6. The molecule has 2 rings (SSSR count). The summed E-state index contributed by atoms with van der Waals surface area (Å²) >= 11 is 0. The summed E-state index contributed by atoms with van der Waals surface area (Å²) in [6.45, 7) is 10.1. The normalized spacial score (nSPS) is 23.7. The van der Waals surface area contributed by atoms with Gasteiger partial charge < -0.3 is 20.2 Å². The van der Waals surface area contributed by atoms with Crippen LogP contribution in [-0.2, 0) is 9.53 Å². The van der Waals surface area contributed by atoms with Crippen molar-refractivity contribution in [3.8, 4) is 5.75 Å². The van der Waals surface area contributed by atoms with Crippen molar-refractivity contribution in [3.05, 3.63) is 58.8 Å². The number of nitrogens with one attached hydrogen (secondary N) is 1. The second kappa shape index (κ2) is 10.7. The summed E-state index contributed by atoms with van der Waals surface area (Å²) in [6, 6.07) is 4.08. The van der Waals surface area contributed by atoms with Crippen LogP contribution in [-0.4, -0.2) is 33.6 Å². The van der Waals surface area contributed by atoms with Crippen LogP contribution >= 0.6 is 0 Å². The molecule has 1 unspecified atom stereocenters. The average molecular weight is 432 g/mol. The zero-order chi connectivity index (χ0) is 23.2. The third-order valence-corrected chi connectivity index (χ3v) is 5.45. The number of rotatable bonds is 4. The summed E-state index contributed by atoms with van der Waals surface area (Å²) in [7, 11) is 0. The summed E-state index contributed by atoms with van der Waals surface area (Å²) in [6.07, 6.45) is 7.12. The summed E-state index contributed by atoms with van der Waals surface area (Å²) in [5.74, 6) is -0.864. The Bertz CT molecular complexity index is 856. The van der Waals surface area contributed by atoms with Gasteiger partial charge >= 0.3 is 5.97 Å². The average Bonchev–Trinajstić information content (AvgIpc) is 2.66. The van der Waals surface area contributed by atoms with Gasteiger partial charge in [-0.25, -0.2) is 10.0 Å². The number of aromatic hydroxyl groups is 1. The van der Waals surface area contributed by atoms with Gasteiger partial charge in [0.15, 0.2) is 5.75 Å². The zero-order valence-corrected chi connectivity index (χ0v) is 18.4. The molecule has 7 nitrogen and oxygen atoms in total. The molecule has 0 heterocycles. The fourth-order valence-electron chi connectivity index (χ4n) is 3.83. The van der Waals surface area contributed by atoms with Crippen LogP contribution in [0.5, 0.6) is 5.75 Å². The van der Waals surface area contributed by atoms with Gasteiger partial charge in [0.1, 0.15) is 6.10 Å². The van der Waals surface area contributed by atoms with Gasteiger partial charge in [-0.3, -0.25) is 0 Å². The van der Waals surface area contributed by atoms with E-state index in [4.69, 9.17) is 9.94 Å². The minimum Gasteiger partial charge on any atom is -0.595 e. The first-order chi connectivity index (χ1) is 14.5. The van der Waals surface area contributed by atoms with Crippen molar-refractivity contribution in [2.24, 2.45) is 5.41 Å². The maximum absolute atomic E-state index is 12.5. The number of aliphatic hydroxyl groups excluding tert-OH is 1. The number of carbonyl (C=O) groups excluding carboxylic acids is 1. The van der Waals surface area contributed by atoms with Crippen LogP contribution < -0.4 is 5.23 Å². The molecule has 1 aromatic carbocycles. The fraction of sp³-hybridized carbons (Fsp3) is 0.458. The number of quaternary nitrogens is 1. The lowest BCUT2D eigenvalue weighted by atomic mass is 9.79. The molecule has 0 bridgehead atoms. The third kappa shape index (κ3) is 7.95. The largest absolute Gasteiger partial charge is 0.595 e. The van der Waals surface area contributed by atoms with Crippen molar-refractivity contribution < 1.29 is 30.2 Å². The molecule has 1 aromatic rings. The van der Waals surface area contributed by atoms with Crippen LogP contribution in [0.3, 0.4) is 0 Å². The van der Waals surface area contributed by atoms with Gasteiger partial charge in [-0.05, 0) is 61.3 Å². The van der Waals surface area contributed by atoms with E-state index in [9.17, 15) is 20.2 Å². The first kappa shape index (κ1) is 24.8. The van der Waals surface area contributed by atoms with Crippen molar-refractivity contribution in [2.45, 2.75) is 65.1 Å². The minimum absolute atomic E-state index is 0.235. The molecule has 3 atom stereocenters. The number of aliphatic hydroxyl groups is 1. The van der Waals surface area contributed by atoms with E-state index in [1.54, 1.807) is 0 Å². The lowest BCUT2D eigenvalue weighted by molar-refractivity contribution is -0.991. The standard InChI is InChI=1S/C24H33NO6/c1-16-6-5-7-17(2)22(27)15-24(3,4)14-19(12-16)31-23(28)11-9-18-8-10-21(26)20(13-18)25(29)30/h6,8-11,13,19,22,25-27,29H,2,5,7,12,14-15H2,1,3-4H3/t19-,22-/m0/s1. The Labute approximate surface area is 183 Å².